The highest BCUT2D eigenvalue weighted by molar-refractivity contribution is 5.73. The Morgan fingerprint density at radius 1 is 2.09 bits per heavy atom. The quantitative estimate of drug-likeness (QED) is 0.543. The Labute approximate surface area is 64.7 Å². The van der Waals surface area contributed by atoms with E-state index in [1.165, 1.54) is 6.20 Å². The summed E-state index contributed by atoms with van der Waals surface area (Å²) < 4.78 is 7.01. The summed E-state index contributed by atoms with van der Waals surface area (Å²) >= 11 is 0. The fourth-order valence-electron chi connectivity index (χ4n) is 0.669. The number of carboxylic acid groups (broad SMARTS) is 1. The number of imidazole rings is 1. The number of hydrogen-bond donors (Lipinski definition) is 3. The Morgan fingerprint density at radius 3 is 3.27 bits per heavy atom. The molecule has 60 valence electrons. The van der Waals surface area contributed by atoms with Gasteiger partial charge in [-0.15, -0.1) is 0 Å². The van der Waals surface area contributed by atoms with Crippen molar-refractivity contribution in [3.05, 3.63) is 18.2 Å². The lowest BCUT2D eigenvalue weighted by molar-refractivity contribution is -0.138. The summed E-state index contributed by atoms with van der Waals surface area (Å²) in [4.78, 5) is 16.5. The number of nitrogens with zero attached hydrogens (tertiary/aromatic N) is 1. The number of nitrogens with two attached hydrogens (primary N) is 1. The maximum Gasteiger partial charge on any atom is 0.320 e. The van der Waals surface area contributed by atoms with E-state index in [-0.39, 0.29) is 12.7 Å². The van der Waals surface area contributed by atoms with Crippen LogP contribution in [0.15, 0.2) is 12.5 Å². The van der Waals surface area contributed by atoms with Crippen LogP contribution in [0.5, 0.6) is 0 Å². The van der Waals surface area contributed by atoms with Crippen molar-refractivity contribution in [3.8, 4) is 0 Å². The fraction of sp³-hybridized carbons (Fsp3) is 0.333. The van der Waals surface area contributed by atoms with E-state index in [0.717, 1.165) is 0 Å². The second-order valence-electron chi connectivity index (χ2n) is 2.15. The zero-order valence-corrected chi connectivity index (χ0v) is 5.74. The van der Waals surface area contributed by atoms with Crippen LogP contribution < -0.4 is 5.73 Å². The van der Waals surface area contributed by atoms with Gasteiger partial charge in [-0.05, 0) is 0 Å². The van der Waals surface area contributed by atoms with Gasteiger partial charge < -0.3 is 15.8 Å². The van der Waals surface area contributed by atoms with Crippen molar-refractivity contribution in [1.29, 1.82) is 0 Å². The number of hydrogen-bond acceptors (Lipinski definition) is 3. The number of aromatic amines is 1. The van der Waals surface area contributed by atoms with E-state index in [1.54, 1.807) is 0 Å². The smallest absolute Gasteiger partial charge is 0.320 e. The highest BCUT2D eigenvalue weighted by Crippen LogP contribution is 1.95. The van der Waals surface area contributed by atoms with Crippen LogP contribution in [-0.2, 0) is 11.2 Å². The van der Waals surface area contributed by atoms with Crippen LogP contribution in [-0.4, -0.2) is 27.1 Å². The molecule has 0 amide bonds. The van der Waals surface area contributed by atoms with Gasteiger partial charge >= 0.3 is 5.97 Å². The van der Waals surface area contributed by atoms with Gasteiger partial charge in [-0.1, -0.05) is 0 Å². The van der Waals surface area contributed by atoms with E-state index in [2.05, 4.69) is 9.97 Å². The highest BCUT2D eigenvalue weighted by Gasteiger charge is 2.12. The summed E-state index contributed by atoms with van der Waals surface area (Å²) in [6, 6.07) is -0.951. The number of rotatable bonds is 3. The van der Waals surface area contributed by atoms with E-state index in [4.69, 9.17) is 12.2 Å². The van der Waals surface area contributed by atoms with E-state index in [1.807, 2.05) is 0 Å². The topological polar surface area (TPSA) is 92.0 Å². The van der Waals surface area contributed by atoms with Gasteiger partial charge in [0, 0.05) is 12.6 Å². The third-order valence-electron chi connectivity index (χ3n) is 1.25. The molecule has 0 unspecified atom stereocenters. The minimum Gasteiger partial charge on any atom is -0.480 e. The third kappa shape index (κ3) is 2.05. The molecule has 0 aromatic carbocycles. The van der Waals surface area contributed by atoms with Crippen LogP contribution >= 0.6 is 0 Å². The van der Waals surface area contributed by atoms with Crippen molar-refractivity contribution < 1.29 is 11.3 Å². The molecule has 0 radical (unpaired) electrons. The largest absolute Gasteiger partial charge is 0.480 e. The molecule has 1 aromatic rings. The molecule has 4 N–H and O–H groups in total. The summed E-state index contributed by atoms with van der Waals surface area (Å²) in [5.41, 5.74) is 5.74. The van der Waals surface area contributed by atoms with E-state index in [9.17, 15) is 4.79 Å². The summed E-state index contributed by atoms with van der Waals surface area (Å²) in [6.45, 7) is 0. The number of carbonyl (C=O) groups is 1. The first-order valence-corrected chi connectivity index (χ1v) is 3.09. The second-order valence-corrected chi connectivity index (χ2v) is 2.15. The Kier molecular flexibility index (Phi) is 1.82. The molecule has 0 aliphatic heterocycles. The Balaban J connectivity index is 2.58. The van der Waals surface area contributed by atoms with Gasteiger partial charge in [0.1, 0.15) is 7.41 Å². The third-order valence-corrected chi connectivity index (χ3v) is 1.25. The van der Waals surface area contributed by atoms with Gasteiger partial charge in [-0.2, -0.15) is 0 Å². The van der Waals surface area contributed by atoms with Crippen molar-refractivity contribution in [3.63, 3.8) is 0 Å². The number of aromatic nitrogens is 2. The molecule has 0 aliphatic rings. The van der Waals surface area contributed by atoms with E-state index in [0.29, 0.717) is 5.69 Å². The number of H-pyrrole nitrogens is 1. The lowest BCUT2D eigenvalue weighted by Gasteiger charge is -2.01. The van der Waals surface area contributed by atoms with Gasteiger partial charge in [0.15, 0.2) is 0 Å². The minimum atomic E-state index is -1.07. The second kappa shape index (κ2) is 3.16. The maximum atomic E-state index is 10.3. The van der Waals surface area contributed by atoms with Gasteiger partial charge in [0.2, 0.25) is 0 Å². The lowest BCUT2D eigenvalue weighted by Crippen LogP contribution is -2.32. The van der Waals surface area contributed by atoms with Crippen LogP contribution in [0.4, 0.5) is 0 Å². The first-order valence-electron chi connectivity index (χ1n) is 3.59. The SMILES string of the molecule is [2H]c1nc(C[C@H](N)C(=O)O)c[nH]1. The van der Waals surface area contributed by atoms with Crippen LogP contribution in [0, 0.1) is 0 Å². The molecule has 1 atom stereocenters. The summed E-state index contributed by atoms with van der Waals surface area (Å²) in [7, 11) is 0. The Morgan fingerprint density at radius 2 is 2.82 bits per heavy atom. The van der Waals surface area contributed by atoms with Gasteiger partial charge in [-0.25, -0.2) is 4.98 Å². The maximum absolute atomic E-state index is 10.3. The fourth-order valence-corrected chi connectivity index (χ4v) is 0.669. The normalized spacial score (nSPS) is 14.1. The predicted molar refractivity (Wildman–Crippen MR) is 37.9 cm³/mol. The molecule has 0 saturated heterocycles. The van der Waals surface area contributed by atoms with Crippen LogP contribution in [0.3, 0.4) is 0 Å². The van der Waals surface area contributed by atoms with Crippen molar-refractivity contribution in [2.24, 2.45) is 5.73 Å². The first-order chi connectivity index (χ1) is 5.59. The lowest BCUT2D eigenvalue weighted by atomic mass is 10.2. The first kappa shape index (κ1) is 6.36. The Bertz CT molecular complexity index is 286. The molecule has 11 heavy (non-hydrogen) atoms. The molecule has 0 saturated carbocycles. The molecule has 1 heterocycles. The summed E-state index contributed by atoms with van der Waals surface area (Å²) in [5, 5.41) is 8.44. The number of nitrogens with one attached hydrogen (secondary N) is 1. The van der Waals surface area contributed by atoms with Crippen LogP contribution in [0.25, 0.3) is 0 Å². The van der Waals surface area contributed by atoms with Crippen molar-refractivity contribution in [1.82, 2.24) is 9.97 Å². The number of aliphatic carboxylic acids is 1. The minimum absolute atomic E-state index is 0.0163. The molecular formula is C6H9N3O2. The van der Waals surface area contributed by atoms with Crippen molar-refractivity contribution in [2.45, 2.75) is 12.5 Å². The molecule has 1 aromatic heterocycles. The zero-order valence-electron chi connectivity index (χ0n) is 6.74. The molecule has 0 aliphatic carbocycles. The molecule has 0 fully saturated rings. The predicted octanol–water partition coefficient (Wildman–Crippen LogP) is -0.636. The van der Waals surface area contributed by atoms with Gasteiger partial charge in [0.25, 0.3) is 0 Å². The molecule has 5 nitrogen and oxygen atoms in total. The van der Waals surface area contributed by atoms with Gasteiger partial charge in [-0.3, -0.25) is 4.79 Å². The molecular weight excluding hydrogens is 146 g/mol. The van der Waals surface area contributed by atoms with Crippen LogP contribution in [0.2, 0.25) is 0 Å². The molecule has 5 heteroatoms. The molecule has 0 spiro atoms. The average molecular weight is 156 g/mol. The monoisotopic (exact) mass is 156 g/mol. The number of carboxylic acids is 1. The highest BCUT2D eigenvalue weighted by atomic mass is 16.4. The standard InChI is InChI=1S/C6H9N3O2/c7-5(6(10)11)1-4-2-8-3-9-4/h2-3,5H,1,7H2,(H,8,9)(H,10,11)/t5-/m0/s1/i3D. The zero-order chi connectivity index (χ0) is 9.14. The average Bonchev–Trinajstić information content (AvgIpc) is 2.35. The van der Waals surface area contributed by atoms with E-state index < -0.39 is 12.0 Å². The van der Waals surface area contributed by atoms with Gasteiger partial charge in [0.05, 0.1) is 12.0 Å². The van der Waals surface area contributed by atoms with Crippen molar-refractivity contribution >= 4 is 5.97 Å². The summed E-state index contributed by atoms with van der Waals surface area (Å²) in [6.07, 6.45) is 1.64. The van der Waals surface area contributed by atoms with Crippen LogP contribution in [0.1, 0.15) is 7.06 Å². The Hall–Kier alpha value is -1.36. The van der Waals surface area contributed by atoms with E-state index >= 15 is 0 Å². The molecule has 0 bridgehead atoms. The summed E-state index contributed by atoms with van der Waals surface area (Å²) in [5.74, 6) is -1.07. The van der Waals surface area contributed by atoms with Crippen molar-refractivity contribution in [2.75, 3.05) is 0 Å². The molecule has 1 rings (SSSR count).